The molecule has 0 unspecified atom stereocenters. The van der Waals surface area contributed by atoms with Gasteiger partial charge in [0.25, 0.3) is 0 Å². The Morgan fingerprint density at radius 1 is 0.933 bits per heavy atom. The quantitative estimate of drug-likeness (QED) is 0.300. The van der Waals surface area contributed by atoms with Gasteiger partial charge in [0.1, 0.15) is 0 Å². The molecule has 88 valence electrons. The molecule has 0 aromatic heterocycles. The molecule has 0 aromatic carbocycles. The van der Waals surface area contributed by atoms with Crippen LogP contribution in [0.15, 0.2) is 12.7 Å². The number of carbonyl (C=O) groups is 1. The van der Waals surface area contributed by atoms with Crippen molar-refractivity contribution in [2.75, 3.05) is 0 Å². The molecular formula is C13H23OS-. The molecule has 0 heterocycles. The van der Waals surface area contributed by atoms with Gasteiger partial charge in [-0.1, -0.05) is 44.6 Å². The Morgan fingerprint density at radius 3 is 1.87 bits per heavy atom. The molecule has 0 amide bonds. The summed E-state index contributed by atoms with van der Waals surface area (Å²) in [6.07, 6.45) is 13.7. The maximum atomic E-state index is 10.5. The standard InChI is InChI=1S/C13H24OS/c1-2-3-4-5-6-7-8-9-10-11-12-13(14)15/h2H,1,3-12H2,(H,14,15)/p-1. The fraction of sp³-hybridized carbons (Fsp3) is 0.769. The zero-order chi connectivity index (χ0) is 11.4. The summed E-state index contributed by atoms with van der Waals surface area (Å²) in [6.45, 7) is 3.71. The third-order valence-electron chi connectivity index (χ3n) is 2.54. The minimum Gasteiger partial charge on any atom is -0.742 e. The van der Waals surface area contributed by atoms with Crippen LogP contribution in [0.1, 0.15) is 64.2 Å². The lowest BCUT2D eigenvalue weighted by Gasteiger charge is -2.03. The van der Waals surface area contributed by atoms with Crippen LogP contribution in [0, 0.1) is 0 Å². The number of hydrogen-bond acceptors (Lipinski definition) is 2. The lowest BCUT2D eigenvalue weighted by Crippen LogP contribution is -1.90. The first-order chi connectivity index (χ1) is 7.27. The largest absolute Gasteiger partial charge is 0.742 e. The summed E-state index contributed by atoms with van der Waals surface area (Å²) in [7, 11) is 0. The second-order valence-corrected chi connectivity index (χ2v) is 4.48. The van der Waals surface area contributed by atoms with Crippen LogP contribution in [-0.2, 0) is 17.4 Å². The molecule has 0 rings (SSSR count). The smallest absolute Gasteiger partial charge is 0.0119 e. The molecule has 0 saturated heterocycles. The Hall–Kier alpha value is -0.370. The van der Waals surface area contributed by atoms with Crippen LogP contribution >= 0.6 is 0 Å². The van der Waals surface area contributed by atoms with Crippen LogP contribution in [0.3, 0.4) is 0 Å². The number of carbonyl (C=O) groups excluding carboxylic acids is 1. The molecule has 1 nitrogen and oxygen atoms in total. The van der Waals surface area contributed by atoms with Gasteiger partial charge in [0.2, 0.25) is 0 Å². The van der Waals surface area contributed by atoms with Crippen molar-refractivity contribution in [1.29, 1.82) is 0 Å². The molecule has 0 aromatic rings. The minimum absolute atomic E-state index is 0.0839. The second-order valence-electron chi connectivity index (χ2n) is 4.03. The highest BCUT2D eigenvalue weighted by Crippen LogP contribution is 2.10. The topological polar surface area (TPSA) is 17.1 Å². The van der Waals surface area contributed by atoms with Crippen LogP contribution in [0.25, 0.3) is 0 Å². The van der Waals surface area contributed by atoms with Crippen molar-refractivity contribution in [3.63, 3.8) is 0 Å². The predicted molar refractivity (Wildman–Crippen MR) is 68.7 cm³/mol. The summed E-state index contributed by atoms with van der Waals surface area (Å²) in [5.74, 6) is 0. The van der Waals surface area contributed by atoms with Gasteiger partial charge in [0.05, 0.1) is 0 Å². The van der Waals surface area contributed by atoms with Crippen molar-refractivity contribution in [3.05, 3.63) is 12.7 Å². The summed E-state index contributed by atoms with van der Waals surface area (Å²) >= 11 is 4.49. The highest BCUT2D eigenvalue weighted by atomic mass is 32.1. The number of unbranched alkanes of at least 4 members (excludes halogenated alkanes) is 8. The SMILES string of the molecule is C=CCCCCCCCCCCC(=O)[S-]. The molecule has 0 saturated carbocycles. The lowest BCUT2D eigenvalue weighted by molar-refractivity contribution is -0.111. The normalized spacial score (nSPS) is 10.1. The van der Waals surface area contributed by atoms with Crippen LogP contribution in [0.4, 0.5) is 0 Å². The monoisotopic (exact) mass is 227 g/mol. The van der Waals surface area contributed by atoms with Crippen LogP contribution < -0.4 is 0 Å². The Morgan fingerprint density at radius 2 is 1.40 bits per heavy atom. The minimum atomic E-state index is -0.0839. The first-order valence-corrected chi connectivity index (χ1v) is 6.49. The Labute approximate surface area is 99.7 Å². The molecule has 0 aliphatic heterocycles. The van der Waals surface area contributed by atoms with Crippen LogP contribution in [-0.4, -0.2) is 5.12 Å². The molecule has 0 spiro atoms. The van der Waals surface area contributed by atoms with Crippen LogP contribution in [0.5, 0.6) is 0 Å². The third kappa shape index (κ3) is 13.6. The molecule has 0 aliphatic rings. The van der Waals surface area contributed by atoms with Crippen molar-refractivity contribution in [2.45, 2.75) is 64.2 Å². The second kappa shape index (κ2) is 11.7. The van der Waals surface area contributed by atoms with Gasteiger partial charge in [-0.3, -0.25) is 0 Å². The Balaban J connectivity index is 2.92. The highest BCUT2D eigenvalue weighted by molar-refractivity contribution is 7.77. The van der Waals surface area contributed by atoms with Crippen molar-refractivity contribution >= 4 is 17.7 Å². The van der Waals surface area contributed by atoms with E-state index in [1.165, 1.54) is 38.5 Å². The number of allylic oxidation sites excluding steroid dienone is 1. The van der Waals surface area contributed by atoms with Crippen molar-refractivity contribution in [2.24, 2.45) is 0 Å². The third-order valence-corrected chi connectivity index (χ3v) is 2.74. The van der Waals surface area contributed by atoms with E-state index in [1.54, 1.807) is 0 Å². The van der Waals surface area contributed by atoms with Gasteiger partial charge >= 0.3 is 0 Å². The molecule has 0 radical (unpaired) electrons. The van der Waals surface area contributed by atoms with E-state index in [4.69, 9.17) is 0 Å². The molecular weight excluding hydrogens is 204 g/mol. The zero-order valence-electron chi connectivity index (χ0n) is 9.67. The van der Waals surface area contributed by atoms with Gasteiger partial charge in [0.15, 0.2) is 0 Å². The Kier molecular flexibility index (Phi) is 11.4. The fourth-order valence-electron chi connectivity index (χ4n) is 1.62. The van der Waals surface area contributed by atoms with E-state index in [0.717, 1.165) is 19.3 Å². The average Bonchev–Trinajstić information content (AvgIpc) is 2.20. The predicted octanol–water partition coefficient (Wildman–Crippen LogP) is 4.15. The summed E-state index contributed by atoms with van der Waals surface area (Å²) in [6, 6.07) is 0. The average molecular weight is 227 g/mol. The van der Waals surface area contributed by atoms with Gasteiger partial charge in [-0.25, -0.2) is 0 Å². The maximum absolute atomic E-state index is 10.5. The highest BCUT2D eigenvalue weighted by Gasteiger charge is 1.92. The van der Waals surface area contributed by atoms with E-state index in [1.807, 2.05) is 6.08 Å². The van der Waals surface area contributed by atoms with Gasteiger partial charge in [-0.2, -0.15) is 0 Å². The van der Waals surface area contributed by atoms with Crippen LogP contribution in [0.2, 0.25) is 0 Å². The summed E-state index contributed by atoms with van der Waals surface area (Å²) < 4.78 is 0. The number of rotatable bonds is 11. The Bertz CT molecular complexity index is 166. The van der Waals surface area contributed by atoms with Gasteiger partial charge in [-0.15, -0.1) is 6.58 Å². The molecule has 0 N–H and O–H groups in total. The van der Waals surface area contributed by atoms with E-state index >= 15 is 0 Å². The summed E-state index contributed by atoms with van der Waals surface area (Å²) in [5, 5.41) is -0.0839. The molecule has 15 heavy (non-hydrogen) atoms. The van der Waals surface area contributed by atoms with Crippen molar-refractivity contribution in [3.8, 4) is 0 Å². The lowest BCUT2D eigenvalue weighted by atomic mass is 10.1. The van der Waals surface area contributed by atoms with E-state index in [-0.39, 0.29) is 5.12 Å². The number of hydrogen-bond donors (Lipinski definition) is 0. The molecule has 2 heteroatoms. The van der Waals surface area contributed by atoms with E-state index in [2.05, 4.69) is 19.2 Å². The fourth-order valence-corrected chi connectivity index (χ4v) is 1.76. The van der Waals surface area contributed by atoms with E-state index in [9.17, 15) is 4.79 Å². The molecule has 0 fully saturated rings. The van der Waals surface area contributed by atoms with Gasteiger partial charge in [-0.05, 0) is 25.7 Å². The maximum Gasteiger partial charge on any atom is 0.0119 e. The van der Waals surface area contributed by atoms with E-state index < -0.39 is 0 Å². The van der Waals surface area contributed by atoms with Gasteiger partial charge < -0.3 is 17.4 Å². The van der Waals surface area contributed by atoms with Crippen molar-refractivity contribution in [1.82, 2.24) is 0 Å². The first kappa shape index (κ1) is 14.6. The summed E-state index contributed by atoms with van der Waals surface area (Å²) in [5.41, 5.74) is 0. The van der Waals surface area contributed by atoms with E-state index in [0.29, 0.717) is 6.42 Å². The van der Waals surface area contributed by atoms with Crippen molar-refractivity contribution < 1.29 is 4.79 Å². The molecule has 0 bridgehead atoms. The van der Waals surface area contributed by atoms with Gasteiger partial charge in [0, 0.05) is 5.12 Å². The summed E-state index contributed by atoms with van der Waals surface area (Å²) in [4.78, 5) is 10.5. The molecule has 0 atom stereocenters. The molecule has 0 aliphatic carbocycles. The zero-order valence-corrected chi connectivity index (χ0v) is 10.5. The first-order valence-electron chi connectivity index (χ1n) is 6.08.